The monoisotopic (exact) mass is 324 g/mol. The standard InChI is InChI=1S/C19H24N4O/c1-22(2)13-17(24)12-20-11-15-7-9-16(10-8-15)23-14-21-18-5-3-4-6-19(18)23/h3-10,14,17,20,24H,11-13H2,1-2H3. The maximum Gasteiger partial charge on any atom is 0.100 e. The number of aliphatic hydroxyl groups is 1. The molecule has 1 unspecified atom stereocenters. The number of para-hydroxylation sites is 2. The highest BCUT2D eigenvalue weighted by atomic mass is 16.3. The first kappa shape index (κ1) is 16.6. The fourth-order valence-electron chi connectivity index (χ4n) is 2.81. The SMILES string of the molecule is CN(C)CC(O)CNCc1ccc(-n2cnc3ccccc32)cc1. The number of nitrogens with zero attached hydrogens (tertiary/aromatic N) is 3. The summed E-state index contributed by atoms with van der Waals surface area (Å²) in [5.41, 5.74) is 4.40. The summed E-state index contributed by atoms with van der Waals surface area (Å²) >= 11 is 0. The summed E-state index contributed by atoms with van der Waals surface area (Å²) in [6.07, 6.45) is 1.51. The molecule has 0 fully saturated rings. The molecule has 0 bridgehead atoms. The van der Waals surface area contributed by atoms with Crippen molar-refractivity contribution in [1.29, 1.82) is 0 Å². The molecule has 0 radical (unpaired) electrons. The van der Waals surface area contributed by atoms with Crippen molar-refractivity contribution >= 4 is 11.0 Å². The molecule has 1 heterocycles. The fraction of sp³-hybridized carbons (Fsp3) is 0.316. The molecule has 0 aliphatic heterocycles. The van der Waals surface area contributed by atoms with Gasteiger partial charge in [-0.05, 0) is 43.9 Å². The first-order valence-electron chi connectivity index (χ1n) is 8.18. The van der Waals surface area contributed by atoms with Gasteiger partial charge in [0.05, 0.1) is 17.1 Å². The van der Waals surface area contributed by atoms with Gasteiger partial charge in [-0.3, -0.25) is 4.57 Å². The van der Waals surface area contributed by atoms with Crippen LogP contribution in [0.2, 0.25) is 0 Å². The Kier molecular flexibility index (Phi) is 5.25. The van der Waals surface area contributed by atoms with Crippen LogP contribution >= 0.6 is 0 Å². The molecule has 0 amide bonds. The second kappa shape index (κ2) is 7.57. The maximum atomic E-state index is 9.85. The van der Waals surface area contributed by atoms with Crippen molar-refractivity contribution in [3.8, 4) is 5.69 Å². The van der Waals surface area contributed by atoms with Crippen LogP contribution in [0.5, 0.6) is 0 Å². The normalized spacial score (nSPS) is 12.8. The number of fused-ring (bicyclic) bond motifs is 1. The zero-order valence-electron chi connectivity index (χ0n) is 14.2. The van der Waals surface area contributed by atoms with Crippen molar-refractivity contribution in [2.24, 2.45) is 0 Å². The Morgan fingerprint density at radius 2 is 1.88 bits per heavy atom. The van der Waals surface area contributed by atoms with Gasteiger partial charge in [0.15, 0.2) is 0 Å². The van der Waals surface area contributed by atoms with Crippen molar-refractivity contribution in [2.45, 2.75) is 12.6 Å². The van der Waals surface area contributed by atoms with E-state index in [2.05, 4.69) is 45.2 Å². The number of aliphatic hydroxyl groups excluding tert-OH is 1. The molecule has 0 spiro atoms. The molecule has 3 rings (SSSR count). The minimum Gasteiger partial charge on any atom is -0.390 e. The van der Waals surface area contributed by atoms with Crippen LogP contribution in [0, 0.1) is 0 Å². The Morgan fingerprint density at radius 3 is 2.62 bits per heavy atom. The molecule has 2 aromatic carbocycles. The summed E-state index contributed by atoms with van der Waals surface area (Å²) in [5.74, 6) is 0. The van der Waals surface area contributed by atoms with Crippen LogP contribution in [-0.4, -0.2) is 52.8 Å². The minimum absolute atomic E-state index is 0.350. The lowest BCUT2D eigenvalue weighted by molar-refractivity contribution is 0.134. The number of aromatic nitrogens is 2. The molecule has 0 aliphatic rings. The van der Waals surface area contributed by atoms with E-state index in [0.29, 0.717) is 13.1 Å². The van der Waals surface area contributed by atoms with Crippen molar-refractivity contribution in [3.63, 3.8) is 0 Å². The molecule has 0 saturated carbocycles. The molecule has 1 atom stereocenters. The molecule has 0 aliphatic carbocycles. The van der Waals surface area contributed by atoms with Crippen molar-refractivity contribution in [2.75, 3.05) is 27.2 Å². The second-order valence-corrected chi connectivity index (χ2v) is 6.32. The Balaban J connectivity index is 1.61. The first-order valence-corrected chi connectivity index (χ1v) is 8.18. The summed E-state index contributed by atoms with van der Waals surface area (Å²) in [5, 5.41) is 13.1. The molecule has 5 heteroatoms. The molecule has 5 nitrogen and oxygen atoms in total. The summed E-state index contributed by atoms with van der Waals surface area (Å²) in [4.78, 5) is 6.41. The zero-order chi connectivity index (χ0) is 16.9. The van der Waals surface area contributed by atoms with Crippen LogP contribution in [0.1, 0.15) is 5.56 Å². The Hall–Kier alpha value is -2.21. The van der Waals surface area contributed by atoms with E-state index in [4.69, 9.17) is 0 Å². The number of imidazole rings is 1. The van der Waals surface area contributed by atoms with Crippen molar-refractivity contribution in [1.82, 2.24) is 19.8 Å². The topological polar surface area (TPSA) is 53.3 Å². The molecule has 24 heavy (non-hydrogen) atoms. The maximum absolute atomic E-state index is 9.85. The van der Waals surface area contributed by atoms with Gasteiger partial charge in [-0.2, -0.15) is 0 Å². The number of hydrogen-bond donors (Lipinski definition) is 2. The van der Waals surface area contributed by atoms with E-state index in [1.165, 1.54) is 5.56 Å². The molecule has 1 aromatic heterocycles. The highest BCUT2D eigenvalue weighted by Gasteiger charge is 2.06. The van der Waals surface area contributed by atoms with Crippen LogP contribution in [0.3, 0.4) is 0 Å². The quantitative estimate of drug-likeness (QED) is 0.698. The van der Waals surface area contributed by atoms with Crippen LogP contribution in [0.25, 0.3) is 16.7 Å². The van der Waals surface area contributed by atoms with Crippen LogP contribution in [0.4, 0.5) is 0 Å². The van der Waals surface area contributed by atoms with E-state index in [-0.39, 0.29) is 6.10 Å². The van der Waals surface area contributed by atoms with Gasteiger partial charge in [0.1, 0.15) is 6.33 Å². The van der Waals surface area contributed by atoms with E-state index < -0.39 is 0 Å². The van der Waals surface area contributed by atoms with Gasteiger partial charge in [-0.1, -0.05) is 24.3 Å². The highest BCUT2D eigenvalue weighted by molar-refractivity contribution is 5.77. The minimum atomic E-state index is -0.350. The zero-order valence-corrected chi connectivity index (χ0v) is 14.2. The summed E-state index contributed by atoms with van der Waals surface area (Å²) in [7, 11) is 3.92. The summed E-state index contributed by atoms with van der Waals surface area (Å²) in [6.45, 7) is 2.00. The Bertz CT molecular complexity index is 779. The van der Waals surface area contributed by atoms with Gasteiger partial charge in [-0.25, -0.2) is 4.98 Å². The lowest BCUT2D eigenvalue weighted by atomic mass is 10.2. The first-order chi connectivity index (χ1) is 11.6. The number of benzene rings is 2. The van der Waals surface area contributed by atoms with E-state index in [1.807, 2.05) is 43.5 Å². The Labute approximate surface area is 142 Å². The predicted octanol–water partition coefficient (Wildman–Crippen LogP) is 2.04. The largest absolute Gasteiger partial charge is 0.390 e. The average molecular weight is 324 g/mol. The number of hydrogen-bond acceptors (Lipinski definition) is 4. The number of nitrogens with one attached hydrogen (secondary N) is 1. The highest BCUT2D eigenvalue weighted by Crippen LogP contribution is 2.18. The predicted molar refractivity (Wildman–Crippen MR) is 97.3 cm³/mol. The van der Waals surface area contributed by atoms with Gasteiger partial charge >= 0.3 is 0 Å². The van der Waals surface area contributed by atoms with Crippen LogP contribution in [0.15, 0.2) is 54.9 Å². The molecule has 2 N–H and O–H groups in total. The van der Waals surface area contributed by atoms with Crippen LogP contribution in [-0.2, 0) is 6.54 Å². The fourth-order valence-corrected chi connectivity index (χ4v) is 2.81. The average Bonchev–Trinajstić information content (AvgIpc) is 2.99. The molecule has 126 valence electrons. The lowest BCUT2D eigenvalue weighted by Crippen LogP contribution is -2.34. The van der Waals surface area contributed by atoms with E-state index >= 15 is 0 Å². The molecular weight excluding hydrogens is 300 g/mol. The van der Waals surface area contributed by atoms with Gasteiger partial charge in [-0.15, -0.1) is 0 Å². The summed E-state index contributed by atoms with van der Waals surface area (Å²) in [6, 6.07) is 16.5. The Morgan fingerprint density at radius 1 is 1.12 bits per heavy atom. The smallest absolute Gasteiger partial charge is 0.100 e. The summed E-state index contributed by atoms with van der Waals surface area (Å²) < 4.78 is 2.09. The number of likely N-dealkylation sites (N-methyl/N-ethyl adjacent to an activating group) is 1. The number of rotatable bonds is 7. The third-order valence-corrected chi connectivity index (χ3v) is 3.95. The molecule has 3 aromatic rings. The third kappa shape index (κ3) is 4.00. The van der Waals surface area contributed by atoms with Gasteiger partial charge < -0.3 is 15.3 Å². The van der Waals surface area contributed by atoms with Gasteiger partial charge in [0.2, 0.25) is 0 Å². The lowest BCUT2D eigenvalue weighted by Gasteiger charge is -2.16. The van der Waals surface area contributed by atoms with E-state index in [0.717, 1.165) is 23.3 Å². The van der Waals surface area contributed by atoms with Crippen LogP contribution < -0.4 is 5.32 Å². The van der Waals surface area contributed by atoms with Crippen molar-refractivity contribution < 1.29 is 5.11 Å². The van der Waals surface area contributed by atoms with Crippen molar-refractivity contribution in [3.05, 3.63) is 60.4 Å². The van der Waals surface area contributed by atoms with Gasteiger partial charge in [0, 0.05) is 25.3 Å². The molecule has 0 saturated heterocycles. The van der Waals surface area contributed by atoms with E-state index in [1.54, 1.807) is 0 Å². The second-order valence-electron chi connectivity index (χ2n) is 6.32. The molecular formula is C19H24N4O. The van der Waals surface area contributed by atoms with Gasteiger partial charge in [0.25, 0.3) is 0 Å². The third-order valence-electron chi connectivity index (χ3n) is 3.95. The van der Waals surface area contributed by atoms with E-state index in [9.17, 15) is 5.11 Å².